The molecule has 1 N–H and O–H groups in total. The number of hydrogen-bond acceptors (Lipinski definition) is 7. The molecule has 3 aromatic rings. The Morgan fingerprint density at radius 1 is 1.23 bits per heavy atom. The molecule has 208 valence electrons. The summed E-state index contributed by atoms with van der Waals surface area (Å²) in [6.45, 7) is 5.44. The van der Waals surface area contributed by atoms with Crippen LogP contribution in [0, 0.1) is 0 Å². The van der Waals surface area contributed by atoms with Gasteiger partial charge >= 0.3 is 18.0 Å². The van der Waals surface area contributed by atoms with E-state index in [0.29, 0.717) is 5.56 Å². The molecule has 3 rings (SSSR count). The molecule has 2 heterocycles. The van der Waals surface area contributed by atoms with E-state index in [9.17, 15) is 27.2 Å². The molecule has 2 amide bonds. The van der Waals surface area contributed by atoms with Crippen LogP contribution >= 0.6 is 0 Å². The lowest BCUT2D eigenvalue weighted by Gasteiger charge is -2.18. The maximum atomic E-state index is 14.0. The van der Waals surface area contributed by atoms with Crippen molar-refractivity contribution in [2.75, 3.05) is 26.9 Å². The van der Waals surface area contributed by atoms with E-state index < -0.39 is 42.2 Å². The summed E-state index contributed by atoms with van der Waals surface area (Å²) >= 11 is 0. The second kappa shape index (κ2) is 12.0. The van der Waals surface area contributed by atoms with E-state index >= 15 is 0 Å². The first-order chi connectivity index (χ1) is 18.4. The summed E-state index contributed by atoms with van der Waals surface area (Å²) in [5.74, 6) is -1.49. The van der Waals surface area contributed by atoms with Gasteiger partial charge in [0, 0.05) is 25.4 Å². The molecule has 0 saturated heterocycles. The van der Waals surface area contributed by atoms with Gasteiger partial charge in [0.05, 0.1) is 23.7 Å². The molecule has 0 saturated carbocycles. The molecule has 39 heavy (non-hydrogen) atoms. The van der Waals surface area contributed by atoms with Crippen molar-refractivity contribution < 1.29 is 36.4 Å². The van der Waals surface area contributed by atoms with Crippen molar-refractivity contribution in [3.63, 3.8) is 0 Å². The van der Waals surface area contributed by atoms with Crippen molar-refractivity contribution in [3.05, 3.63) is 72.2 Å². The highest BCUT2D eigenvalue weighted by Crippen LogP contribution is 2.37. The van der Waals surface area contributed by atoms with Gasteiger partial charge in [-0.25, -0.2) is 0 Å². The van der Waals surface area contributed by atoms with Crippen LogP contribution in [-0.2, 0) is 22.9 Å². The van der Waals surface area contributed by atoms with Crippen LogP contribution in [-0.4, -0.2) is 58.7 Å². The van der Waals surface area contributed by atoms with Crippen molar-refractivity contribution in [1.82, 2.24) is 25.3 Å². The van der Waals surface area contributed by atoms with Crippen molar-refractivity contribution in [3.8, 4) is 16.9 Å². The number of nitrogens with one attached hydrogen (secondary N) is 1. The monoisotopic (exact) mass is 549 g/mol. The number of benzene rings is 1. The molecule has 9 nitrogen and oxygen atoms in total. The first kappa shape index (κ1) is 29.3. The van der Waals surface area contributed by atoms with Crippen LogP contribution in [0.3, 0.4) is 0 Å². The van der Waals surface area contributed by atoms with Gasteiger partial charge in [-0.15, -0.1) is 0 Å². The normalized spacial score (nSPS) is 11.7. The second-order valence-corrected chi connectivity index (χ2v) is 9.18. The van der Waals surface area contributed by atoms with Crippen LogP contribution in [0.25, 0.3) is 11.1 Å². The minimum Gasteiger partial charge on any atom is -0.489 e. The van der Waals surface area contributed by atoms with Crippen molar-refractivity contribution >= 4 is 11.8 Å². The summed E-state index contributed by atoms with van der Waals surface area (Å²) in [5.41, 5.74) is -1.69. The van der Waals surface area contributed by atoms with Gasteiger partial charge in [0.2, 0.25) is 5.91 Å². The van der Waals surface area contributed by atoms with E-state index in [-0.39, 0.29) is 41.8 Å². The summed E-state index contributed by atoms with van der Waals surface area (Å²) < 4.78 is 65.7. The van der Waals surface area contributed by atoms with Gasteiger partial charge in [0.25, 0.3) is 0 Å². The summed E-state index contributed by atoms with van der Waals surface area (Å²) in [6, 6.07) is 5.16. The largest absolute Gasteiger partial charge is 0.489 e. The van der Waals surface area contributed by atoms with Crippen molar-refractivity contribution in [2.45, 2.75) is 32.0 Å². The molecule has 0 bridgehead atoms. The van der Waals surface area contributed by atoms with Crippen molar-refractivity contribution in [2.24, 2.45) is 0 Å². The Morgan fingerprint density at radius 2 is 1.97 bits per heavy atom. The Labute approximate surface area is 221 Å². The fourth-order valence-electron chi connectivity index (χ4n) is 3.36. The van der Waals surface area contributed by atoms with E-state index in [1.54, 1.807) is 7.05 Å². The number of halogens is 4. The number of rotatable bonds is 11. The number of alkyl halides is 4. The van der Waals surface area contributed by atoms with Crippen LogP contribution < -0.4 is 10.1 Å². The number of nitrogens with zero attached hydrogens (tertiary/aromatic N) is 4. The van der Waals surface area contributed by atoms with Crippen LogP contribution in [0.5, 0.6) is 5.75 Å². The molecule has 0 atom stereocenters. The van der Waals surface area contributed by atoms with Gasteiger partial charge < -0.3 is 19.5 Å². The van der Waals surface area contributed by atoms with E-state index in [1.807, 2.05) is 0 Å². The first-order valence-electron chi connectivity index (χ1n) is 11.7. The lowest BCUT2D eigenvalue weighted by Crippen LogP contribution is -2.29. The van der Waals surface area contributed by atoms with Gasteiger partial charge in [-0.3, -0.25) is 19.0 Å². The van der Waals surface area contributed by atoms with Crippen LogP contribution in [0.2, 0.25) is 0 Å². The molecular weight excluding hydrogens is 522 g/mol. The zero-order valence-corrected chi connectivity index (χ0v) is 21.5. The Balaban J connectivity index is 1.79. The number of aromatic nitrogens is 3. The molecule has 0 radical (unpaired) electrons. The SMILES string of the molecule is C=CC(=O)N(C)CCOc1cnccc1-c1ccc(CNC(=O)c2nc(C(C)(C)CF)no2)c(C(F)(F)F)c1. The molecule has 13 heteroatoms. The van der Waals surface area contributed by atoms with Gasteiger partial charge in [-0.2, -0.15) is 18.2 Å². The Morgan fingerprint density at radius 3 is 2.64 bits per heavy atom. The number of ether oxygens (including phenoxy) is 1. The number of carbonyl (C=O) groups excluding carboxylic acids is 2. The fraction of sp³-hybridized carbons (Fsp3) is 0.346. The fourth-order valence-corrected chi connectivity index (χ4v) is 3.36. The van der Waals surface area contributed by atoms with Gasteiger partial charge in [-0.1, -0.05) is 37.7 Å². The smallest absolute Gasteiger partial charge is 0.416 e. The molecule has 0 aliphatic carbocycles. The topological polar surface area (TPSA) is 110 Å². The lowest BCUT2D eigenvalue weighted by molar-refractivity contribution is -0.138. The molecule has 0 unspecified atom stereocenters. The maximum Gasteiger partial charge on any atom is 0.416 e. The van der Waals surface area contributed by atoms with Crippen LogP contribution in [0.15, 0.2) is 53.8 Å². The van der Waals surface area contributed by atoms with Gasteiger partial charge in [0.1, 0.15) is 19.0 Å². The number of hydrogen-bond donors (Lipinski definition) is 1. The molecule has 2 aromatic heterocycles. The van der Waals surface area contributed by atoms with E-state index in [0.717, 1.165) is 12.1 Å². The zero-order valence-electron chi connectivity index (χ0n) is 21.5. The number of amides is 2. The summed E-state index contributed by atoms with van der Waals surface area (Å²) in [5, 5.41) is 5.91. The third-order valence-corrected chi connectivity index (χ3v) is 5.74. The summed E-state index contributed by atoms with van der Waals surface area (Å²) in [7, 11) is 1.56. The highest BCUT2D eigenvalue weighted by molar-refractivity contribution is 5.89. The van der Waals surface area contributed by atoms with E-state index in [2.05, 4.69) is 27.0 Å². The zero-order chi connectivity index (χ0) is 28.8. The molecule has 0 spiro atoms. The quantitative estimate of drug-likeness (QED) is 0.280. The minimum absolute atomic E-state index is 0.0372. The van der Waals surface area contributed by atoms with Crippen molar-refractivity contribution in [1.29, 1.82) is 0 Å². The highest BCUT2D eigenvalue weighted by atomic mass is 19.4. The summed E-state index contributed by atoms with van der Waals surface area (Å²) in [4.78, 5) is 33.2. The Kier molecular flexibility index (Phi) is 9.04. The number of pyridine rings is 1. The van der Waals surface area contributed by atoms with E-state index in [4.69, 9.17) is 9.26 Å². The minimum atomic E-state index is -4.74. The number of carbonyl (C=O) groups is 2. The molecular formula is C26H27F4N5O4. The van der Waals surface area contributed by atoms with Crippen LogP contribution in [0.1, 0.15) is 41.5 Å². The predicted molar refractivity (Wildman–Crippen MR) is 132 cm³/mol. The third-order valence-electron chi connectivity index (χ3n) is 5.74. The average Bonchev–Trinajstić information content (AvgIpc) is 3.42. The van der Waals surface area contributed by atoms with E-state index in [1.165, 1.54) is 49.3 Å². The van der Waals surface area contributed by atoms with Gasteiger partial charge in [-0.05, 0) is 29.3 Å². The molecule has 0 aliphatic rings. The highest BCUT2D eigenvalue weighted by Gasteiger charge is 2.34. The average molecular weight is 550 g/mol. The molecule has 0 aliphatic heterocycles. The molecule has 1 aromatic carbocycles. The standard InChI is InChI=1S/C26H27F4N5O4/c1-5-21(36)35(4)10-11-38-20-14-31-9-8-18(20)16-6-7-17(19(12-16)26(28,29)30)13-32-22(37)23-33-24(34-39-23)25(2,3)15-27/h5-9,12,14H,1,10-11,13,15H2,2-4H3,(H,32,37). The Bertz CT molecular complexity index is 1340. The number of likely N-dealkylation sites (N-methyl/N-ethyl adjacent to an activating group) is 1. The van der Waals surface area contributed by atoms with Crippen LogP contribution in [0.4, 0.5) is 17.6 Å². The third kappa shape index (κ3) is 7.18. The summed E-state index contributed by atoms with van der Waals surface area (Å²) in [6.07, 6.45) is -0.791. The lowest BCUT2D eigenvalue weighted by atomic mass is 9.95. The van der Waals surface area contributed by atoms with Gasteiger partial charge in [0.15, 0.2) is 5.82 Å². The predicted octanol–water partition coefficient (Wildman–Crippen LogP) is 4.35. The molecule has 0 fully saturated rings. The second-order valence-electron chi connectivity index (χ2n) is 9.18. The first-order valence-corrected chi connectivity index (χ1v) is 11.7. The maximum absolute atomic E-state index is 14.0. The Hall–Kier alpha value is -4.29.